The molecule has 2 aliphatic rings. The van der Waals surface area contributed by atoms with Gasteiger partial charge < -0.3 is 19.3 Å². The Morgan fingerprint density at radius 3 is 2.36 bits per heavy atom. The van der Waals surface area contributed by atoms with E-state index in [-0.39, 0.29) is 16.7 Å². The first-order valence-electron chi connectivity index (χ1n) is 12.8. The maximum Gasteiger partial charge on any atom is 0.300 e. The van der Waals surface area contributed by atoms with Crippen molar-refractivity contribution in [3.05, 3.63) is 87.9 Å². The van der Waals surface area contributed by atoms with Crippen LogP contribution in [0.4, 0.5) is 5.69 Å². The second-order valence-corrected chi connectivity index (χ2v) is 10.9. The largest absolute Gasteiger partial charge is 0.507 e. The van der Waals surface area contributed by atoms with Gasteiger partial charge in [-0.1, -0.05) is 56.6 Å². The van der Waals surface area contributed by atoms with Crippen molar-refractivity contribution >= 4 is 34.7 Å². The maximum absolute atomic E-state index is 13.6. The van der Waals surface area contributed by atoms with Gasteiger partial charge in [0.25, 0.3) is 11.7 Å². The van der Waals surface area contributed by atoms with E-state index in [4.69, 9.17) is 25.8 Å². The fourth-order valence-electron chi connectivity index (χ4n) is 4.83. The van der Waals surface area contributed by atoms with Gasteiger partial charge in [0.1, 0.15) is 24.7 Å². The minimum Gasteiger partial charge on any atom is -0.507 e. The number of rotatable bonds is 5. The molecule has 1 fully saturated rings. The average Bonchev–Trinajstić information content (AvgIpc) is 3.19. The number of ether oxygens (including phenoxy) is 3. The van der Waals surface area contributed by atoms with Crippen LogP contribution in [0.5, 0.6) is 17.2 Å². The molecule has 1 saturated heterocycles. The Hall–Kier alpha value is -3.97. The third-order valence-electron chi connectivity index (χ3n) is 6.85. The monoisotopic (exact) mass is 547 g/mol. The fourth-order valence-corrected chi connectivity index (χ4v) is 5.01. The number of hydrogen-bond acceptors (Lipinski definition) is 6. The number of aliphatic hydroxyl groups is 1. The summed E-state index contributed by atoms with van der Waals surface area (Å²) in [6.07, 6.45) is 0. The zero-order chi connectivity index (χ0) is 27.9. The van der Waals surface area contributed by atoms with E-state index < -0.39 is 17.7 Å². The highest BCUT2D eigenvalue weighted by molar-refractivity contribution is 6.51. The molecule has 0 aromatic heterocycles. The lowest BCUT2D eigenvalue weighted by Gasteiger charge is -2.28. The molecule has 7 nitrogen and oxygen atoms in total. The lowest BCUT2D eigenvalue weighted by molar-refractivity contribution is -0.132. The Balaban J connectivity index is 1.68. The number of aliphatic hydroxyl groups excluding tert-OH is 1. The summed E-state index contributed by atoms with van der Waals surface area (Å²) < 4.78 is 17.0. The predicted octanol–water partition coefficient (Wildman–Crippen LogP) is 6.43. The van der Waals surface area contributed by atoms with Gasteiger partial charge in [-0.25, -0.2) is 0 Å². The number of carbonyl (C=O) groups excluding carboxylic acids is 2. The first-order valence-corrected chi connectivity index (χ1v) is 13.2. The first-order chi connectivity index (χ1) is 18.6. The van der Waals surface area contributed by atoms with Gasteiger partial charge in [0, 0.05) is 17.3 Å². The number of ketones is 1. The topological polar surface area (TPSA) is 85.3 Å². The van der Waals surface area contributed by atoms with Gasteiger partial charge in [-0.05, 0) is 53.8 Å². The summed E-state index contributed by atoms with van der Waals surface area (Å²) in [7, 11) is 0. The molecule has 0 saturated carbocycles. The Morgan fingerprint density at radius 2 is 1.69 bits per heavy atom. The number of amides is 1. The molecular formula is C31H30ClNO6. The molecule has 3 aromatic carbocycles. The van der Waals surface area contributed by atoms with Crippen LogP contribution < -0.4 is 19.1 Å². The SMILES string of the molecule is CCOc1cc(/C(O)=C2\C(=O)C(=O)N(c3ccc4c(c3)OCCO4)C2c2ccc(C(C)(C)C)cc2)ccc1Cl. The molecule has 8 heteroatoms. The Kier molecular flexibility index (Phi) is 7.03. The molecule has 1 unspecified atom stereocenters. The summed E-state index contributed by atoms with van der Waals surface area (Å²) in [5.41, 5.74) is 2.44. The van der Waals surface area contributed by atoms with E-state index in [1.807, 2.05) is 31.2 Å². The minimum atomic E-state index is -0.882. The molecule has 39 heavy (non-hydrogen) atoms. The van der Waals surface area contributed by atoms with Crippen LogP contribution in [0.1, 0.15) is 50.4 Å². The fraction of sp³-hybridized carbons (Fsp3) is 0.290. The number of halogens is 1. The molecule has 2 aliphatic heterocycles. The van der Waals surface area contributed by atoms with Gasteiger partial charge in [-0.15, -0.1) is 0 Å². The van der Waals surface area contributed by atoms with Crippen LogP contribution in [0.3, 0.4) is 0 Å². The molecule has 0 radical (unpaired) electrons. The van der Waals surface area contributed by atoms with E-state index in [0.29, 0.717) is 58.9 Å². The number of anilines is 1. The van der Waals surface area contributed by atoms with Gasteiger partial charge in [0.05, 0.1) is 23.2 Å². The van der Waals surface area contributed by atoms with Gasteiger partial charge >= 0.3 is 0 Å². The summed E-state index contributed by atoms with van der Waals surface area (Å²) in [6.45, 7) is 9.34. The number of hydrogen-bond donors (Lipinski definition) is 1. The zero-order valence-corrected chi connectivity index (χ0v) is 23.0. The first kappa shape index (κ1) is 26.6. The van der Waals surface area contributed by atoms with Crippen LogP contribution in [-0.2, 0) is 15.0 Å². The van der Waals surface area contributed by atoms with Crippen molar-refractivity contribution in [2.24, 2.45) is 0 Å². The Bertz CT molecular complexity index is 1470. The quantitative estimate of drug-likeness (QED) is 0.225. The molecule has 1 N–H and O–H groups in total. The average molecular weight is 548 g/mol. The van der Waals surface area contributed by atoms with Crippen molar-refractivity contribution < 1.29 is 28.9 Å². The molecule has 1 amide bonds. The van der Waals surface area contributed by atoms with Crippen LogP contribution in [-0.4, -0.2) is 36.6 Å². The number of nitrogens with zero attached hydrogens (tertiary/aromatic N) is 1. The zero-order valence-electron chi connectivity index (χ0n) is 22.3. The van der Waals surface area contributed by atoms with Crippen LogP contribution in [0.25, 0.3) is 5.76 Å². The highest BCUT2D eigenvalue weighted by atomic mass is 35.5. The van der Waals surface area contributed by atoms with E-state index in [1.54, 1.807) is 36.4 Å². The smallest absolute Gasteiger partial charge is 0.300 e. The number of carbonyl (C=O) groups is 2. The van der Waals surface area contributed by atoms with E-state index in [9.17, 15) is 14.7 Å². The highest BCUT2D eigenvalue weighted by Gasteiger charge is 2.47. The van der Waals surface area contributed by atoms with E-state index in [1.165, 1.54) is 4.90 Å². The molecule has 0 spiro atoms. The summed E-state index contributed by atoms with van der Waals surface area (Å²) in [5.74, 6) is -0.428. The molecule has 0 bridgehead atoms. The van der Waals surface area contributed by atoms with Crippen LogP contribution >= 0.6 is 11.6 Å². The summed E-state index contributed by atoms with van der Waals surface area (Å²) in [4.78, 5) is 28.5. The highest BCUT2D eigenvalue weighted by Crippen LogP contribution is 2.45. The van der Waals surface area contributed by atoms with Crippen molar-refractivity contribution in [2.45, 2.75) is 39.2 Å². The van der Waals surface area contributed by atoms with E-state index in [2.05, 4.69) is 20.8 Å². The molecule has 0 aliphatic carbocycles. The van der Waals surface area contributed by atoms with Crippen LogP contribution in [0.2, 0.25) is 5.02 Å². The van der Waals surface area contributed by atoms with Crippen molar-refractivity contribution in [3.8, 4) is 17.2 Å². The third-order valence-corrected chi connectivity index (χ3v) is 7.16. The second kappa shape index (κ2) is 10.3. The van der Waals surface area contributed by atoms with Crippen LogP contribution in [0, 0.1) is 0 Å². The van der Waals surface area contributed by atoms with Crippen molar-refractivity contribution in [1.82, 2.24) is 0 Å². The minimum absolute atomic E-state index is 0.0248. The Labute approximate surface area is 232 Å². The lowest BCUT2D eigenvalue weighted by Crippen LogP contribution is -2.29. The number of Topliss-reactive ketones (excluding diaryl/α,β-unsaturated/α-hetero) is 1. The van der Waals surface area contributed by atoms with Crippen molar-refractivity contribution in [1.29, 1.82) is 0 Å². The molecule has 5 rings (SSSR count). The lowest BCUT2D eigenvalue weighted by atomic mass is 9.85. The normalized spacial score (nSPS) is 18.4. The molecule has 3 aromatic rings. The maximum atomic E-state index is 13.6. The molecule has 2 heterocycles. The van der Waals surface area contributed by atoms with Gasteiger partial charge in [-0.2, -0.15) is 0 Å². The molecular weight excluding hydrogens is 518 g/mol. The van der Waals surface area contributed by atoms with Gasteiger partial charge in [0.2, 0.25) is 0 Å². The second-order valence-electron chi connectivity index (χ2n) is 10.4. The van der Waals surface area contributed by atoms with Gasteiger partial charge in [0.15, 0.2) is 11.5 Å². The predicted molar refractivity (Wildman–Crippen MR) is 150 cm³/mol. The molecule has 202 valence electrons. The summed E-state index contributed by atoms with van der Waals surface area (Å²) in [5, 5.41) is 11.9. The van der Waals surface area contributed by atoms with Crippen molar-refractivity contribution in [2.75, 3.05) is 24.7 Å². The van der Waals surface area contributed by atoms with Crippen LogP contribution in [0.15, 0.2) is 66.2 Å². The Morgan fingerprint density at radius 1 is 1.00 bits per heavy atom. The number of fused-ring (bicyclic) bond motifs is 1. The third kappa shape index (κ3) is 4.94. The standard InChI is InChI=1S/C31H30ClNO6/c1-5-37-24-16-19(8-12-22(24)32)28(34)26-27(18-6-9-20(10-7-18)31(2,3)4)33(30(36)29(26)35)21-11-13-23-25(17-21)39-15-14-38-23/h6-13,16-17,27,34H,5,14-15H2,1-4H3/b28-26+. The summed E-state index contributed by atoms with van der Waals surface area (Å²) in [6, 6.07) is 16.7. The van der Waals surface area contributed by atoms with Gasteiger partial charge in [-0.3, -0.25) is 14.5 Å². The number of benzene rings is 3. The van der Waals surface area contributed by atoms with Crippen molar-refractivity contribution in [3.63, 3.8) is 0 Å². The summed E-state index contributed by atoms with van der Waals surface area (Å²) >= 11 is 6.25. The van der Waals surface area contributed by atoms with E-state index >= 15 is 0 Å². The van der Waals surface area contributed by atoms with E-state index in [0.717, 1.165) is 5.56 Å². The molecule has 1 atom stereocenters.